The van der Waals surface area contributed by atoms with Gasteiger partial charge in [0.05, 0.1) is 10.9 Å². The average Bonchev–Trinajstić information content (AvgIpc) is 2.49. The maximum atomic E-state index is 5.83. The summed E-state index contributed by atoms with van der Waals surface area (Å²) in [5.41, 5.74) is 0.936. The van der Waals surface area contributed by atoms with E-state index in [2.05, 4.69) is 14.9 Å². The third-order valence-electron chi connectivity index (χ3n) is 3.60. The fourth-order valence-corrected chi connectivity index (χ4v) is 2.55. The average molecular weight is 257 g/mol. The molecule has 0 N–H and O–H groups in total. The molecule has 0 aliphatic carbocycles. The quantitative estimate of drug-likeness (QED) is 0.843. The predicted octanol–water partition coefficient (Wildman–Crippen LogP) is 2.49. The lowest BCUT2D eigenvalue weighted by atomic mass is 10.1. The van der Waals surface area contributed by atoms with Gasteiger partial charge in [0.2, 0.25) is 5.88 Å². The molecule has 4 heteroatoms. The monoisotopic (exact) mass is 257 g/mol. The minimum absolute atomic E-state index is 0.695. The van der Waals surface area contributed by atoms with E-state index >= 15 is 0 Å². The van der Waals surface area contributed by atoms with Crippen LogP contribution in [0.2, 0.25) is 0 Å². The van der Waals surface area contributed by atoms with Crippen LogP contribution in [0.3, 0.4) is 0 Å². The van der Waals surface area contributed by atoms with Crippen molar-refractivity contribution in [3.8, 4) is 5.88 Å². The SMILES string of the molecule is c1ccc2c(OCCN3CCCCC3)ncnc2c1. The Morgan fingerprint density at radius 2 is 1.89 bits per heavy atom. The summed E-state index contributed by atoms with van der Waals surface area (Å²) in [6.07, 6.45) is 5.57. The summed E-state index contributed by atoms with van der Waals surface area (Å²) < 4.78 is 5.83. The first-order chi connectivity index (χ1) is 9.43. The molecule has 0 spiro atoms. The smallest absolute Gasteiger partial charge is 0.224 e. The molecule has 0 saturated carbocycles. The number of rotatable bonds is 4. The van der Waals surface area contributed by atoms with Gasteiger partial charge in [-0.2, -0.15) is 0 Å². The van der Waals surface area contributed by atoms with Crippen LogP contribution in [0.15, 0.2) is 30.6 Å². The first kappa shape index (κ1) is 12.4. The van der Waals surface area contributed by atoms with E-state index < -0.39 is 0 Å². The summed E-state index contributed by atoms with van der Waals surface area (Å²) in [4.78, 5) is 10.9. The number of fused-ring (bicyclic) bond motifs is 1. The summed E-state index contributed by atoms with van der Waals surface area (Å²) in [6.45, 7) is 4.08. The van der Waals surface area contributed by atoms with E-state index in [4.69, 9.17) is 4.74 Å². The number of benzene rings is 1. The standard InChI is InChI=1S/C15H19N3O/c1-4-8-18(9-5-1)10-11-19-15-13-6-2-3-7-14(13)16-12-17-15/h2-3,6-7,12H,1,4-5,8-11H2. The van der Waals surface area contributed by atoms with E-state index in [1.165, 1.54) is 32.4 Å². The highest BCUT2D eigenvalue weighted by molar-refractivity contribution is 5.82. The summed E-state index contributed by atoms with van der Waals surface area (Å²) in [5, 5.41) is 0.989. The fourth-order valence-electron chi connectivity index (χ4n) is 2.55. The van der Waals surface area contributed by atoms with E-state index in [1.807, 2.05) is 24.3 Å². The van der Waals surface area contributed by atoms with Gasteiger partial charge in [-0.1, -0.05) is 18.6 Å². The van der Waals surface area contributed by atoms with Crippen molar-refractivity contribution >= 4 is 10.9 Å². The van der Waals surface area contributed by atoms with Crippen LogP contribution in [0.5, 0.6) is 5.88 Å². The van der Waals surface area contributed by atoms with Gasteiger partial charge in [-0.05, 0) is 38.1 Å². The summed E-state index contributed by atoms with van der Waals surface area (Å²) in [5.74, 6) is 0.697. The van der Waals surface area contributed by atoms with Crippen molar-refractivity contribution < 1.29 is 4.74 Å². The third kappa shape index (κ3) is 3.01. The van der Waals surface area contributed by atoms with Crippen molar-refractivity contribution in [2.24, 2.45) is 0 Å². The van der Waals surface area contributed by atoms with Crippen LogP contribution in [-0.4, -0.2) is 41.1 Å². The topological polar surface area (TPSA) is 38.2 Å². The molecule has 100 valence electrons. The Kier molecular flexibility index (Phi) is 3.89. The summed E-state index contributed by atoms with van der Waals surface area (Å²) >= 11 is 0. The lowest BCUT2D eigenvalue weighted by Crippen LogP contribution is -2.33. The summed E-state index contributed by atoms with van der Waals surface area (Å²) in [7, 11) is 0. The van der Waals surface area contributed by atoms with E-state index in [1.54, 1.807) is 6.33 Å². The van der Waals surface area contributed by atoms with E-state index in [9.17, 15) is 0 Å². The van der Waals surface area contributed by atoms with Crippen LogP contribution >= 0.6 is 0 Å². The molecule has 1 fully saturated rings. The molecule has 0 amide bonds. The Hall–Kier alpha value is -1.68. The van der Waals surface area contributed by atoms with Crippen molar-refractivity contribution in [1.82, 2.24) is 14.9 Å². The van der Waals surface area contributed by atoms with Gasteiger partial charge in [0, 0.05) is 6.54 Å². The molecular formula is C15H19N3O. The molecule has 2 aromatic rings. The van der Waals surface area contributed by atoms with E-state index in [0.29, 0.717) is 12.5 Å². The first-order valence-electron chi connectivity index (χ1n) is 6.98. The lowest BCUT2D eigenvalue weighted by Gasteiger charge is -2.26. The molecular weight excluding hydrogens is 238 g/mol. The minimum atomic E-state index is 0.695. The largest absolute Gasteiger partial charge is 0.476 e. The third-order valence-corrected chi connectivity index (χ3v) is 3.60. The molecule has 1 aromatic carbocycles. The molecule has 3 rings (SSSR count). The number of hydrogen-bond donors (Lipinski definition) is 0. The number of likely N-dealkylation sites (tertiary alicyclic amines) is 1. The molecule has 1 aliphatic heterocycles. The molecule has 0 unspecified atom stereocenters. The van der Waals surface area contributed by atoms with Crippen molar-refractivity contribution in [3.05, 3.63) is 30.6 Å². The van der Waals surface area contributed by atoms with Gasteiger partial charge >= 0.3 is 0 Å². The van der Waals surface area contributed by atoms with Gasteiger partial charge in [-0.3, -0.25) is 4.90 Å². The molecule has 0 bridgehead atoms. The Morgan fingerprint density at radius 1 is 1.05 bits per heavy atom. The zero-order chi connectivity index (χ0) is 12.9. The Morgan fingerprint density at radius 3 is 2.79 bits per heavy atom. The van der Waals surface area contributed by atoms with Crippen LogP contribution in [-0.2, 0) is 0 Å². The Balaban J connectivity index is 1.62. The van der Waals surface area contributed by atoms with Crippen LogP contribution in [0, 0.1) is 0 Å². The summed E-state index contributed by atoms with van der Waals surface area (Å²) in [6, 6.07) is 7.95. The molecule has 19 heavy (non-hydrogen) atoms. The van der Waals surface area contributed by atoms with Crippen molar-refractivity contribution in [1.29, 1.82) is 0 Å². The predicted molar refractivity (Wildman–Crippen MR) is 75.3 cm³/mol. The van der Waals surface area contributed by atoms with Crippen LogP contribution in [0.1, 0.15) is 19.3 Å². The molecule has 1 aromatic heterocycles. The number of hydrogen-bond acceptors (Lipinski definition) is 4. The van der Waals surface area contributed by atoms with E-state index in [-0.39, 0.29) is 0 Å². The lowest BCUT2D eigenvalue weighted by molar-refractivity contribution is 0.181. The fraction of sp³-hybridized carbons (Fsp3) is 0.467. The van der Waals surface area contributed by atoms with Gasteiger partial charge in [0.15, 0.2) is 0 Å². The van der Waals surface area contributed by atoms with Crippen LogP contribution in [0.25, 0.3) is 10.9 Å². The van der Waals surface area contributed by atoms with Gasteiger partial charge in [-0.15, -0.1) is 0 Å². The zero-order valence-electron chi connectivity index (χ0n) is 11.1. The maximum Gasteiger partial charge on any atom is 0.224 e. The molecule has 2 heterocycles. The molecule has 1 saturated heterocycles. The first-order valence-corrected chi connectivity index (χ1v) is 6.98. The minimum Gasteiger partial charge on any atom is -0.476 e. The Labute approximate surface area is 113 Å². The van der Waals surface area contributed by atoms with Crippen molar-refractivity contribution in [2.75, 3.05) is 26.2 Å². The number of piperidine rings is 1. The highest BCUT2D eigenvalue weighted by Crippen LogP contribution is 2.20. The van der Waals surface area contributed by atoms with E-state index in [0.717, 1.165) is 17.4 Å². The normalized spacial score (nSPS) is 16.6. The zero-order valence-corrected chi connectivity index (χ0v) is 11.1. The van der Waals surface area contributed by atoms with Gasteiger partial charge in [0.1, 0.15) is 12.9 Å². The number of ether oxygens (including phenoxy) is 1. The second-order valence-electron chi connectivity index (χ2n) is 4.95. The maximum absolute atomic E-state index is 5.83. The number of aromatic nitrogens is 2. The van der Waals surface area contributed by atoms with Gasteiger partial charge in [-0.25, -0.2) is 9.97 Å². The molecule has 0 atom stereocenters. The highest BCUT2D eigenvalue weighted by atomic mass is 16.5. The van der Waals surface area contributed by atoms with Gasteiger partial charge in [0.25, 0.3) is 0 Å². The molecule has 1 aliphatic rings. The molecule has 0 radical (unpaired) electrons. The highest BCUT2D eigenvalue weighted by Gasteiger charge is 2.10. The van der Waals surface area contributed by atoms with Crippen LogP contribution in [0.4, 0.5) is 0 Å². The Bertz CT molecular complexity index is 532. The van der Waals surface area contributed by atoms with Gasteiger partial charge < -0.3 is 4.74 Å². The van der Waals surface area contributed by atoms with Crippen LogP contribution < -0.4 is 4.74 Å². The molecule has 4 nitrogen and oxygen atoms in total. The van der Waals surface area contributed by atoms with Crippen molar-refractivity contribution in [2.45, 2.75) is 19.3 Å². The number of para-hydroxylation sites is 1. The second kappa shape index (κ2) is 5.97. The second-order valence-corrected chi connectivity index (χ2v) is 4.95. The number of nitrogens with zero attached hydrogens (tertiary/aromatic N) is 3. The van der Waals surface area contributed by atoms with Crippen molar-refractivity contribution in [3.63, 3.8) is 0 Å².